The highest BCUT2D eigenvalue weighted by Crippen LogP contribution is 2.30. The standard InChI is InChI=1S/C20H14ClN3OS/c21-16-7-2-1-5-14(16)20-23-13(12-26-20)11-19(25)24-18-9-3-8-17-15(18)6-4-10-22-17/h1-10,12H,11H2,(H,24,25). The number of benzene rings is 2. The van der Waals surface area contributed by atoms with Crippen molar-refractivity contribution in [1.29, 1.82) is 0 Å². The zero-order chi connectivity index (χ0) is 17.9. The molecular formula is C20H14ClN3OS. The van der Waals surface area contributed by atoms with E-state index in [1.54, 1.807) is 6.20 Å². The van der Waals surface area contributed by atoms with Gasteiger partial charge in [0.1, 0.15) is 5.01 Å². The Labute approximate surface area is 159 Å². The largest absolute Gasteiger partial charge is 0.325 e. The molecule has 1 N–H and O–H groups in total. The number of fused-ring (bicyclic) bond motifs is 1. The van der Waals surface area contributed by atoms with Gasteiger partial charge in [0.2, 0.25) is 5.91 Å². The second-order valence-corrected chi connectivity index (χ2v) is 6.99. The van der Waals surface area contributed by atoms with Crippen LogP contribution >= 0.6 is 22.9 Å². The average Bonchev–Trinajstić information content (AvgIpc) is 3.10. The van der Waals surface area contributed by atoms with Crippen LogP contribution in [-0.2, 0) is 11.2 Å². The Morgan fingerprint density at radius 2 is 1.96 bits per heavy atom. The smallest absolute Gasteiger partial charge is 0.230 e. The van der Waals surface area contributed by atoms with Crippen molar-refractivity contribution in [3.05, 3.63) is 76.9 Å². The highest BCUT2D eigenvalue weighted by Gasteiger charge is 2.12. The van der Waals surface area contributed by atoms with Crippen LogP contribution in [0.5, 0.6) is 0 Å². The molecule has 0 atom stereocenters. The zero-order valence-electron chi connectivity index (χ0n) is 13.6. The minimum atomic E-state index is -0.114. The summed E-state index contributed by atoms with van der Waals surface area (Å²) in [6.45, 7) is 0. The minimum Gasteiger partial charge on any atom is -0.325 e. The minimum absolute atomic E-state index is 0.114. The van der Waals surface area contributed by atoms with Gasteiger partial charge in [0.05, 0.1) is 28.3 Å². The summed E-state index contributed by atoms with van der Waals surface area (Å²) in [7, 11) is 0. The molecule has 1 amide bonds. The van der Waals surface area contributed by atoms with E-state index < -0.39 is 0 Å². The molecule has 0 aliphatic heterocycles. The monoisotopic (exact) mass is 379 g/mol. The molecule has 0 radical (unpaired) electrons. The van der Waals surface area contributed by atoms with Crippen molar-refractivity contribution in [2.45, 2.75) is 6.42 Å². The summed E-state index contributed by atoms with van der Waals surface area (Å²) < 4.78 is 0. The molecular weight excluding hydrogens is 366 g/mol. The fourth-order valence-electron chi connectivity index (χ4n) is 2.72. The number of thiazole rings is 1. The highest BCUT2D eigenvalue weighted by atomic mass is 35.5. The maximum absolute atomic E-state index is 12.4. The molecule has 6 heteroatoms. The normalized spacial score (nSPS) is 10.8. The number of nitrogens with zero attached hydrogens (tertiary/aromatic N) is 2. The molecule has 0 aliphatic rings. The molecule has 0 aliphatic carbocycles. The topological polar surface area (TPSA) is 54.9 Å². The van der Waals surface area contributed by atoms with Gasteiger partial charge in [-0.05, 0) is 30.3 Å². The third-order valence-corrected chi connectivity index (χ3v) is 5.17. The number of rotatable bonds is 4. The molecule has 0 unspecified atom stereocenters. The number of hydrogen-bond donors (Lipinski definition) is 1. The summed E-state index contributed by atoms with van der Waals surface area (Å²) in [5.74, 6) is -0.114. The van der Waals surface area contributed by atoms with E-state index in [1.165, 1.54) is 11.3 Å². The van der Waals surface area contributed by atoms with E-state index in [9.17, 15) is 4.79 Å². The Balaban J connectivity index is 1.51. The molecule has 0 saturated carbocycles. The summed E-state index contributed by atoms with van der Waals surface area (Å²) in [6.07, 6.45) is 1.94. The lowest BCUT2D eigenvalue weighted by Gasteiger charge is -2.07. The van der Waals surface area contributed by atoms with Crippen LogP contribution < -0.4 is 5.32 Å². The van der Waals surface area contributed by atoms with Crippen molar-refractivity contribution in [2.75, 3.05) is 5.32 Å². The SMILES string of the molecule is O=C(Cc1csc(-c2ccccc2Cl)n1)Nc1cccc2ncccc12. The van der Waals surface area contributed by atoms with E-state index in [0.29, 0.717) is 5.02 Å². The van der Waals surface area contributed by atoms with Crippen molar-refractivity contribution in [3.63, 3.8) is 0 Å². The van der Waals surface area contributed by atoms with Gasteiger partial charge in [-0.3, -0.25) is 9.78 Å². The number of hydrogen-bond acceptors (Lipinski definition) is 4. The first kappa shape index (κ1) is 16.7. The van der Waals surface area contributed by atoms with Crippen LogP contribution in [0.4, 0.5) is 5.69 Å². The van der Waals surface area contributed by atoms with Crippen LogP contribution in [0.2, 0.25) is 5.02 Å². The summed E-state index contributed by atoms with van der Waals surface area (Å²) in [4.78, 5) is 21.3. The number of amides is 1. The third-order valence-electron chi connectivity index (χ3n) is 3.92. The maximum Gasteiger partial charge on any atom is 0.230 e. The lowest BCUT2D eigenvalue weighted by atomic mass is 10.1. The van der Waals surface area contributed by atoms with Crippen LogP contribution in [0.15, 0.2) is 66.2 Å². The molecule has 4 rings (SSSR count). The van der Waals surface area contributed by atoms with Gasteiger partial charge in [0.15, 0.2) is 0 Å². The summed E-state index contributed by atoms with van der Waals surface area (Å²) >= 11 is 7.70. The number of anilines is 1. The van der Waals surface area contributed by atoms with Crippen LogP contribution in [0.1, 0.15) is 5.69 Å². The first-order chi connectivity index (χ1) is 12.7. The predicted molar refractivity (Wildman–Crippen MR) is 107 cm³/mol. The number of aromatic nitrogens is 2. The van der Waals surface area contributed by atoms with Gasteiger partial charge in [-0.15, -0.1) is 11.3 Å². The molecule has 2 aromatic heterocycles. The van der Waals surface area contributed by atoms with Gasteiger partial charge in [-0.2, -0.15) is 0 Å². The first-order valence-electron chi connectivity index (χ1n) is 8.03. The molecule has 0 fully saturated rings. The molecule has 4 aromatic rings. The zero-order valence-corrected chi connectivity index (χ0v) is 15.2. The van der Waals surface area contributed by atoms with Crippen molar-refractivity contribution >= 4 is 45.4 Å². The Bertz CT molecular complexity index is 1090. The van der Waals surface area contributed by atoms with Crippen molar-refractivity contribution in [2.24, 2.45) is 0 Å². The molecule has 0 spiro atoms. The number of halogens is 1. The molecule has 128 valence electrons. The number of carbonyl (C=O) groups is 1. The second-order valence-electron chi connectivity index (χ2n) is 5.72. The van der Waals surface area contributed by atoms with Crippen molar-refractivity contribution in [3.8, 4) is 10.6 Å². The molecule has 2 heterocycles. The van der Waals surface area contributed by atoms with Crippen LogP contribution in [0.3, 0.4) is 0 Å². The molecule has 4 nitrogen and oxygen atoms in total. The van der Waals surface area contributed by atoms with Gasteiger partial charge in [-0.1, -0.05) is 35.9 Å². The second kappa shape index (κ2) is 7.23. The fraction of sp³-hybridized carbons (Fsp3) is 0.0500. The summed E-state index contributed by atoms with van der Waals surface area (Å²) in [6, 6.07) is 17.0. The van der Waals surface area contributed by atoms with Crippen LogP contribution in [0.25, 0.3) is 21.5 Å². The average molecular weight is 380 g/mol. The fourth-order valence-corrected chi connectivity index (χ4v) is 3.86. The number of pyridine rings is 1. The van der Waals surface area contributed by atoms with E-state index in [0.717, 1.165) is 32.9 Å². The van der Waals surface area contributed by atoms with E-state index >= 15 is 0 Å². The van der Waals surface area contributed by atoms with Gasteiger partial charge >= 0.3 is 0 Å². The van der Waals surface area contributed by atoms with Crippen molar-refractivity contribution in [1.82, 2.24) is 9.97 Å². The van der Waals surface area contributed by atoms with Crippen molar-refractivity contribution < 1.29 is 4.79 Å². The van der Waals surface area contributed by atoms with E-state index in [2.05, 4.69) is 15.3 Å². The van der Waals surface area contributed by atoms with E-state index in [-0.39, 0.29) is 12.3 Å². The van der Waals surface area contributed by atoms with Gasteiger partial charge in [0.25, 0.3) is 0 Å². The Hall–Kier alpha value is -2.76. The third kappa shape index (κ3) is 3.45. The lowest BCUT2D eigenvalue weighted by molar-refractivity contribution is -0.115. The van der Waals surface area contributed by atoms with Gasteiger partial charge < -0.3 is 5.32 Å². The molecule has 0 bridgehead atoms. The van der Waals surface area contributed by atoms with Crippen LogP contribution in [-0.4, -0.2) is 15.9 Å². The maximum atomic E-state index is 12.4. The van der Waals surface area contributed by atoms with Gasteiger partial charge in [0, 0.05) is 22.5 Å². The summed E-state index contributed by atoms with van der Waals surface area (Å²) in [5.41, 5.74) is 3.20. The summed E-state index contributed by atoms with van der Waals surface area (Å²) in [5, 5.41) is 7.23. The Kier molecular flexibility index (Phi) is 4.65. The highest BCUT2D eigenvalue weighted by molar-refractivity contribution is 7.13. The molecule has 0 saturated heterocycles. The Morgan fingerprint density at radius 1 is 1.08 bits per heavy atom. The van der Waals surface area contributed by atoms with E-state index in [1.807, 2.05) is 60.0 Å². The molecule has 26 heavy (non-hydrogen) atoms. The number of nitrogens with one attached hydrogen (secondary N) is 1. The molecule has 2 aromatic carbocycles. The van der Waals surface area contributed by atoms with Gasteiger partial charge in [-0.25, -0.2) is 4.98 Å². The van der Waals surface area contributed by atoms with Crippen LogP contribution in [0, 0.1) is 0 Å². The lowest BCUT2D eigenvalue weighted by Crippen LogP contribution is -2.14. The van der Waals surface area contributed by atoms with E-state index in [4.69, 9.17) is 11.6 Å². The Morgan fingerprint density at radius 3 is 2.85 bits per heavy atom. The predicted octanol–water partition coefficient (Wildman–Crippen LogP) is 5.19. The first-order valence-corrected chi connectivity index (χ1v) is 9.29. The number of carbonyl (C=O) groups excluding carboxylic acids is 1. The quantitative estimate of drug-likeness (QED) is 0.530.